The van der Waals surface area contributed by atoms with Gasteiger partial charge in [-0.2, -0.15) is 0 Å². The molecule has 1 aromatic rings. The fraction of sp³-hybridized carbons (Fsp3) is 0.619. The summed E-state index contributed by atoms with van der Waals surface area (Å²) in [6, 6.07) is 8.92. The van der Waals surface area contributed by atoms with Crippen LogP contribution in [0.3, 0.4) is 0 Å². The van der Waals surface area contributed by atoms with E-state index in [0.29, 0.717) is 19.0 Å². The minimum absolute atomic E-state index is 0.131. The molecule has 2 amide bonds. The van der Waals surface area contributed by atoms with Crippen molar-refractivity contribution in [3.63, 3.8) is 0 Å². The maximum atomic E-state index is 12.9. The molecule has 1 atom stereocenters. The molecule has 1 saturated carbocycles. The van der Waals surface area contributed by atoms with E-state index >= 15 is 0 Å². The maximum absolute atomic E-state index is 12.9. The number of carbonyl (C=O) groups is 2. The molecule has 26 heavy (non-hydrogen) atoms. The fourth-order valence-electron chi connectivity index (χ4n) is 4.73. The number of rotatable bonds is 3. The van der Waals surface area contributed by atoms with E-state index < -0.39 is 0 Å². The number of carbonyl (C=O) groups excluding carboxylic acids is 2. The number of hydrogen-bond acceptors (Lipinski definition) is 3. The molecule has 0 N–H and O–H groups in total. The van der Waals surface area contributed by atoms with Gasteiger partial charge in [0.25, 0.3) is 0 Å². The highest BCUT2D eigenvalue weighted by Gasteiger charge is 2.40. The van der Waals surface area contributed by atoms with Gasteiger partial charge < -0.3 is 14.7 Å². The molecule has 1 aromatic carbocycles. The van der Waals surface area contributed by atoms with E-state index in [-0.39, 0.29) is 17.7 Å². The Bertz CT molecular complexity index is 676. The van der Waals surface area contributed by atoms with Crippen molar-refractivity contribution >= 4 is 17.5 Å². The van der Waals surface area contributed by atoms with Gasteiger partial charge in [0.15, 0.2) is 0 Å². The summed E-state index contributed by atoms with van der Waals surface area (Å²) in [5.41, 5.74) is 2.50. The van der Waals surface area contributed by atoms with Crippen LogP contribution in [0.15, 0.2) is 24.3 Å². The summed E-state index contributed by atoms with van der Waals surface area (Å²) in [6.07, 6.45) is 5.07. The number of hydrogen-bond donors (Lipinski definition) is 0. The molecular weight excluding hydrogens is 326 g/mol. The number of benzene rings is 1. The molecular formula is C21H29N3O2. The van der Waals surface area contributed by atoms with Crippen molar-refractivity contribution in [3.05, 3.63) is 29.8 Å². The van der Waals surface area contributed by atoms with Gasteiger partial charge in [-0.15, -0.1) is 0 Å². The van der Waals surface area contributed by atoms with E-state index in [0.717, 1.165) is 39.0 Å². The molecule has 0 radical (unpaired) electrons. The molecule has 0 spiro atoms. The van der Waals surface area contributed by atoms with Crippen LogP contribution in [0.1, 0.15) is 37.7 Å². The summed E-state index contributed by atoms with van der Waals surface area (Å²) in [6.45, 7) is 5.98. The Morgan fingerprint density at radius 2 is 1.81 bits per heavy atom. The van der Waals surface area contributed by atoms with Gasteiger partial charge in [-0.25, -0.2) is 0 Å². The van der Waals surface area contributed by atoms with E-state index in [1.54, 1.807) is 0 Å². The van der Waals surface area contributed by atoms with Crippen LogP contribution in [-0.2, 0) is 9.59 Å². The maximum Gasteiger partial charge on any atom is 0.228 e. The van der Waals surface area contributed by atoms with Crippen molar-refractivity contribution < 1.29 is 9.59 Å². The Morgan fingerprint density at radius 3 is 2.50 bits per heavy atom. The van der Waals surface area contributed by atoms with Gasteiger partial charge in [-0.05, 0) is 37.5 Å². The quantitative estimate of drug-likeness (QED) is 0.836. The first kappa shape index (κ1) is 17.4. The third-order valence-electron chi connectivity index (χ3n) is 6.23. The highest BCUT2D eigenvalue weighted by Crippen LogP contribution is 2.30. The normalized spacial score (nSPS) is 24.6. The molecule has 2 aliphatic heterocycles. The van der Waals surface area contributed by atoms with Gasteiger partial charge in [-0.1, -0.05) is 25.0 Å². The molecule has 1 aliphatic carbocycles. The van der Waals surface area contributed by atoms with Crippen LogP contribution in [0.25, 0.3) is 0 Å². The first-order chi connectivity index (χ1) is 12.6. The monoisotopic (exact) mass is 355 g/mol. The standard InChI is InChI=1S/C21H29N3O2/c1-16-5-4-8-19(13-16)22-9-11-23(12-10-22)21(26)17-14-20(25)24(15-17)18-6-2-3-7-18/h4-5,8,13,17-18H,2-3,6-7,9-12,14-15H2,1H3. The van der Waals surface area contributed by atoms with Crippen LogP contribution in [0, 0.1) is 12.8 Å². The van der Waals surface area contributed by atoms with Crippen LogP contribution >= 0.6 is 0 Å². The average Bonchev–Trinajstić information content (AvgIpc) is 3.31. The van der Waals surface area contributed by atoms with Crippen LogP contribution < -0.4 is 4.90 Å². The van der Waals surface area contributed by atoms with E-state index in [4.69, 9.17) is 0 Å². The number of likely N-dealkylation sites (tertiary alicyclic amines) is 1. The SMILES string of the molecule is Cc1cccc(N2CCN(C(=O)C3CC(=O)N(C4CCCC4)C3)CC2)c1. The van der Waals surface area contributed by atoms with Crippen molar-refractivity contribution in [1.29, 1.82) is 0 Å². The predicted octanol–water partition coefficient (Wildman–Crippen LogP) is 2.43. The van der Waals surface area contributed by atoms with Gasteiger partial charge in [-0.3, -0.25) is 9.59 Å². The zero-order valence-corrected chi connectivity index (χ0v) is 15.7. The number of amides is 2. The number of aryl methyl sites for hydroxylation is 1. The Hall–Kier alpha value is -2.04. The van der Waals surface area contributed by atoms with Crippen molar-refractivity contribution in [1.82, 2.24) is 9.80 Å². The number of nitrogens with zero attached hydrogens (tertiary/aromatic N) is 3. The van der Waals surface area contributed by atoms with Crippen LogP contribution in [0.4, 0.5) is 5.69 Å². The largest absolute Gasteiger partial charge is 0.368 e. The lowest BCUT2D eigenvalue weighted by molar-refractivity contribution is -0.136. The van der Waals surface area contributed by atoms with Crippen molar-refractivity contribution in [2.75, 3.05) is 37.6 Å². The summed E-state index contributed by atoms with van der Waals surface area (Å²) in [4.78, 5) is 31.6. The smallest absolute Gasteiger partial charge is 0.228 e. The van der Waals surface area contributed by atoms with Gasteiger partial charge >= 0.3 is 0 Å². The molecule has 2 heterocycles. The third-order valence-corrected chi connectivity index (χ3v) is 6.23. The Kier molecular flexibility index (Phi) is 4.88. The summed E-state index contributed by atoms with van der Waals surface area (Å²) < 4.78 is 0. The van der Waals surface area contributed by atoms with Gasteiger partial charge in [0.05, 0.1) is 5.92 Å². The van der Waals surface area contributed by atoms with E-state index in [1.165, 1.54) is 24.1 Å². The second kappa shape index (κ2) is 7.29. The topological polar surface area (TPSA) is 43.9 Å². The highest BCUT2D eigenvalue weighted by molar-refractivity contribution is 5.89. The van der Waals surface area contributed by atoms with Crippen LogP contribution in [0.5, 0.6) is 0 Å². The van der Waals surface area contributed by atoms with E-state index in [9.17, 15) is 9.59 Å². The zero-order chi connectivity index (χ0) is 18.1. The third kappa shape index (κ3) is 3.44. The summed E-state index contributed by atoms with van der Waals surface area (Å²) in [5, 5.41) is 0. The summed E-state index contributed by atoms with van der Waals surface area (Å²) in [5.74, 6) is 0.241. The molecule has 3 fully saturated rings. The Labute approximate surface area is 155 Å². The second-order valence-electron chi connectivity index (χ2n) is 8.04. The lowest BCUT2D eigenvalue weighted by atomic mass is 10.1. The van der Waals surface area contributed by atoms with Crippen molar-refractivity contribution in [3.8, 4) is 0 Å². The molecule has 4 rings (SSSR count). The molecule has 5 nitrogen and oxygen atoms in total. The first-order valence-electron chi connectivity index (χ1n) is 10.0. The number of anilines is 1. The minimum atomic E-state index is -0.131. The fourth-order valence-corrected chi connectivity index (χ4v) is 4.73. The van der Waals surface area contributed by atoms with Crippen molar-refractivity contribution in [2.45, 2.75) is 45.1 Å². The molecule has 5 heteroatoms. The van der Waals surface area contributed by atoms with Crippen LogP contribution in [-0.4, -0.2) is 60.4 Å². The van der Waals surface area contributed by atoms with Gasteiger partial charge in [0.1, 0.15) is 0 Å². The Morgan fingerprint density at radius 1 is 1.08 bits per heavy atom. The molecule has 0 bridgehead atoms. The van der Waals surface area contributed by atoms with E-state index in [1.807, 2.05) is 9.80 Å². The lowest BCUT2D eigenvalue weighted by Crippen LogP contribution is -2.50. The highest BCUT2D eigenvalue weighted by atomic mass is 16.2. The molecule has 3 aliphatic rings. The van der Waals surface area contributed by atoms with Crippen molar-refractivity contribution in [2.24, 2.45) is 5.92 Å². The van der Waals surface area contributed by atoms with Crippen LogP contribution in [0.2, 0.25) is 0 Å². The first-order valence-corrected chi connectivity index (χ1v) is 10.0. The van der Waals surface area contributed by atoms with Gasteiger partial charge in [0.2, 0.25) is 11.8 Å². The van der Waals surface area contributed by atoms with E-state index in [2.05, 4.69) is 36.1 Å². The number of piperazine rings is 1. The molecule has 2 saturated heterocycles. The Balaban J connectivity index is 1.33. The molecule has 140 valence electrons. The second-order valence-corrected chi connectivity index (χ2v) is 8.04. The molecule has 0 aromatic heterocycles. The minimum Gasteiger partial charge on any atom is -0.368 e. The average molecular weight is 355 g/mol. The molecule has 1 unspecified atom stereocenters. The summed E-state index contributed by atoms with van der Waals surface area (Å²) >= 11 is 0. The van der Waals surface area contributed by atoms with Gasteiger partial charge in [0, 0.05) is 50.9 Å². The lowest BCUT2D eigenvalue weighted by Gasteiger charge is -2.37. The summed E-state index contributed by atoms with van der Waals surface area (Å²) in [7, 11) is 0. The zero-order valence-electron chi connectivity index (χ0n) is 15.7. The predicted molar refractivity (Wildman–Crippen MR) is 102 cm³/mol.